The molecular formula is C26H42O2. The fourth-order valence-corrected chi connectivity index (χ4v) is 4.23. The van der Waals surface area contributed by atoms with Crippen LogP contribution in [0.3, 0.4) is 0 Å². The van der Waals surface area contributed by atoms with Crippen LogP contribution in [0.15, 0.2) is 29.8 Å². The Kier molecular flexibility index (Phi) is 8.92. The highest BCUT2D eigenvalue weighted by Crippen LogP contribution is 2.37. The van der Waals surface area contributed by atoms with Crippen LogP contribution < -0.4 is 4.74 Å². The zero-order chi connectivity index (χ0) is 20.6. The average Bonchev–Trinajstić information content (AvgIpc) is 2.61. The van der Waals surface area contributed by atoms with Crippen molar-refractivity contribution in [3.8, 4) is 11.5 Å². The van der Waals surface area contributed by atoms with Crippen LogP contribution in [-0.2, 0) is 6.42 Å². The molecule has 0 fully saturated rings. The Morgan fingerprint density at radius 1 is 1.18 bits per heavy atom. The summed E-state index contributed by atoms with van der Waals surface area (Å²) >= 11 is 0. The topological polar surface area (TPSA) is 29.5 Å². The first-order chi connectivity index (χ1) is 13.3. The molecule has 1 heterocycles. The zero-order valence-electron chi connectivity index (χ0n) is 18.9. The van der Waals surface area contributed by atoms with E-state index in [1.54, 1.807) is 11.6 Å². The molecule has 1 aliphatic heterocycles. The normalized spacial score (nSPS) is 20.7. The lowest BCUT2D eigenvalue weighted by atomic mass is 9.86. The average molecular weight is 387 g/mol. The molecule has 1 aromatic carbocycles. The van der Waals surface area contributed by atoms with Gasteiger partial charge in [0.05, 0.1) is 0 Å². The lowest BCUT2D eigenvalue weighted by molar-refractivity contribution is 0.0524. The van der Waals surface area contributed by atoms with Crippen LogP contribution in [-0.4, -0.2) is 10.7 Å². The minimum atomic E-state index is -0.0589. The molecule has 158 valence electrons. The summed E-state index contributed by atoms with van der Waals surface area (Å²) in [6.07, 6.45) is 14.6. The fourth-order valence-electron chi connectivity index (χ4n) is 4.23. The lowest BCUT2D eigenvalue weighted by Crippen LogP contribution is -2.36. The minimum Gasteiger partial charge on any atom is -0.508 e. The van der Waals surface area contributed by atoms with Crippen LogP contribution in [0, 0.1) is 11.8 Å². The molecule has 1 aromatic rings. The number of allylic oxidation sites excluding steroid dienone is 2. The third kappa shape index (κ3) is 7.89. The zero-order valence-corrected chi connectivity index (χ0v) is 18.9. The SMILES string of the molecule is C/C(=C\CCC(C)CCCC1(C)CCc2cc(O)ccc2O1)CCCC(C)C. The van der Waals surface area contributed by atoms with Crippen molar-refractivity contribution in [3.05, 3.63) is 35.4 Å². The van der Waals surface area contributed by atoms with E-state index in [1.807, 2.05) is 12.1 Å². The largest absolute Gasteiger partial charge is 0.508 e. The molecule has 0 radical (unpaired) electrons. The Bertz CT molecular complexity index is 631. The number of aryl methyl sites for hydroxylation is 1. The summed E-state index contributed by atoms with van der Waals surface area (Å²) in [5.41, 5.74) is 2.65. The molecule has 1 N–H and O–H groups in total. The number of hydrogen-bond donors (Lipinski definition) is 1. The first-order valence-electron chi connectivity index (χ1n) is 11.4. The molecule has 0 aliphatic carbocycles. The molecule has 2 nitrogen and oxygen atoms in total. The van der Waals surface area contributed by atoms with Gasteiger partial charge in [0.15, 0.2) is 0 Å². The molecule has 0 bridgehead atoms. The van der Waals surface area contributed by atoms with Crippen LogP contribution >= 0.6 is 0 Å². The summed E-state index contributed by atoms with van der Waals surface area (Å²) in [5, 5.41) is 9.63. The van der Waals surface area contributed by atoms with E-state index < -0.39 is 0 Å². The second kappa shape index (κ2) is 10.9. The number of benzene rings is 1. The number of hydrogen-bond acceptors (Lipinski definition) is 2. The van der Waals surface area contributed by atoms with Crippen LogP contribution in [0.2, 0.25) is 0 Å². The van der Waals surface area contributed by atoms with E-state index in [1.165, 1.54) is 44.9 Å². The summed E-state index contributed by atoms with van der Waals surface area (Å²) < 4.78 is 6.30. The summed E-state index contributed by atoms with van der Waals surface area (Å²) in [7, 11) is 0. The fraction of sp³-hybridized carbons (Fsp3) is 0.692. The van der Waals surface area contributed by atoms with Gasteiger partial charge in [-0.05, 0) is 101 Å². The summed E-state index contributed by atoms with van der Waals surface area (Å²) in [4.78, 5) is 0. The molecule has 2 heteroatoms. The highest BCUT2D eigenvalue weighted by Gasteiger charge is 2.31. The van der Waals surface area contributed by atoms with E-state index in [2.05, 4.69) is 40.7 Å². The van der Waals surface area contributed by atoms with Crippen LogP contribution in [0.1, 0.15) is 98.0 Å². The molecule has 2 unspecified atom stereocenters. The van der Waals surface area contributed by atoms with Gasteiger partial charge >= 0.3 is 0 Å². The van der Waals surface area contributed by atoms with Crippen molar-refractivity contribution in [1.29, 1.82) is 0 Å². The van der Waals surface area contributed by atoms with Crippen molar-refractivity contribution in [2.45, 2.75) is 104 Å². The van der Waals surface area contributed by atoms with Crippen molar-refractivity contribution in [3.63, 3.8) is 0 Å². The van der Waals surface area contributed by atoms with E-state index >= 15 is 0 Å². The van der Waals surface area contributed by atoms with E-state index in [9.17, 15) is 5.11 Å². The predicted molar refractivity (Wildman–Crippen MR) is 120 cm³/mol. The molecule has 0 amide bonds. The molecule has 0 saturated carbocycles. The lowest BCUT2D eigenvalue weighted by Gasteiger charge is -2.36. The molecule has 28 heavy (non-hydrogen) atoms. The molecule has 0 saturated heterocycles. The number of phenols is 1. The number of phenolic OH excluding ortho intramolecular Hbond substituents is 1. The Labute approximate surface area is 173 Å². The standard InChI is InChI=1S/C26H42O2/c1-20(2)9-6-10-21(3)11-7-12-22(4)13-8-17-26(5)18-16-23-19-24(27)14-15-25(23)28-26/h11,14-15,19-20,22,27H,6-10,12-13,16-18H2,1-5H3/b21-11+. The maximum Gasteiger partial charge on any atom is 0.123 e. The third-order valence-corrected chi connectivity index (χ3v) is 6.23. The molecular weight excluding hydrogens is 344 g/mol. The number of fused-ring (bicyclic) bond motifs is 1. The van der Waals surface area contributed by atoms with Crippen molar-refractivity contribution in [1.82, 2.24) is 0 Å². The second-order valence-electron chi connectivity index (χ2n) is 9.76. The van der Waals surface area contributed by atoms with Gasteiger partial charge in [-0.15, -0.1) is 0 Å². The highest BCUT2D eigenvalue weighted by molar-refractivity contribution is 5.41. The quantitative estimate of drug-likeness (QED) is 0.392. The summed E-state index contributed by atoms with van der Waals surface area (Å²) in [6, 6.07) is 5.49. The van der Waals surface area contributed by atoms with Crippen molar-refractivity contribution >= 4 is 0 Å². The Morgan fingerprint density at radius 2 is 1.96 bits per heavy atom. The van der Waals surface area contributed by atoms with E-state index in [0.29, 0.717) is 5.75 Å². The minimum absolute atomic E-state index is 0.0589. The van der Waals surface area contributed by atoms with Crippen LogP contribution in [0.25, 0.3) is 0 Å². The van der Waals surface area contributed by atoms with Gasteiger partial charge in [-0.25, -0.2) is 0 Å². The smallest absolute Gasteiger partial charge is 0.123 e. The molecule has 0 spiro atoms. The molecule has 2 atom stereocenters. The van der Waals surface area contributed by atoms with Crippen LogP contribution in [0.5, 0.6) is 11.5 Å². The van der Waals surface area contributed by atoms with E-state index in [4.69, 9.17) is 4.74 Å². The Hall–Kier alpha value is -1.44. The number of ether oxygens (including phenoxy) is 1. The first kappa shape index (κ1) is 22.8. The van der Waals surface area contributed by atoms with Gasteiger partial charge in [-0.1, -0.05) is 45.3 Å². The maximum atomic E-state index is 9.63. The second-order valence-corrected chi connectivity index (χ2v) is 9.76. The van der Waals surface area contributed by atoms with Crippen molar-refractivity contribution < 1.29 is 9.84 Å². The summed E-state index contributed by atoms with van der Waals surface area (Å²) in [6.45, 7) is 11.6. The maximum absolute atomic E-state index is 9.63. The van der Waals surface area contributed by atoms with Gasteiger partial charge in [0.1, 0.15) is 17.1 Å². The Balaban J connectivity index is 1.65. The van der Waals surface area contributed by atoms with E-state index in [0.717, 1.165) is 42.4 Å². The molecule has 2 rings (SSSR count). The van der Waals surface area contributed by atoms with Crippen molar-refractivity contribution in [2.24, 2.45) is 11.8 Å². The van der Waals surface area contributed by atoms with E-state index in [-0.39, 0.29) is 5.60 Å². The number of rotatable bonds is 11. The first-order valence-corrected chi connectivity index (χ1v) is 11.4. The highest BCUT2D eigenvalue weighted by atomic mass is 16.5. The van der Waals surface area contributed by atoms with Gasteiger partial charge < -0.3 is 9.84 Å². The predicted octanol–water partition coefficient (Wildman–Crippen LogP) is 7.84. The van der Waals surface area contributed by atoms with Gasteiger partial charge in [0.25, 0.3) is 0 Å². The summed E-state index contributed by atoms with van der Waals surface area (Å²) in [5.74, 6) is 2.89. The molecule has 1 aliphatic rings. The van der Waals surface area contributed by atoms with Gasteiger partial charge in [0.2, 0.25) is 0 Å². The third-order valence-electron chi connectivity index (χ3n) is 6.23. The van der Waals surface area contributed by atoms with Crippen LogP contribution in [0.4, 0.5) is 0 Å². The van der Waals surface area contributed by atoms with Crippen molar-refractivity contribution in [2.75, 3.05) is 0 Å². The number of aromatic hydroxyl groups is 1. The monoisotopic (exact) mass is 386 g/mol. The Morgan fingerprint density at radius 3 is 2.71 bits per heavy atom. The van der Waals surface area contributed by atoms with Gasteiger partial charge in [-0.2, -0.15) is 0 Å². The van der Waals surface area contributed by atoms with Gasteiger partial charge in [0, 0.05) is 0 Å². The molecule has 0 aromatic heterocycles. The van der Waals surface area contributed by atoms with Gasteiger partial charge in [-0.3, -0.25) is 0 Å².